The van der Waals surface area contributed by atoms with Crippen LogP contribution in [0.2, 0.25) is 0 Å². The Kier molecular flexibility index (Phi) is 3.79. The molecule has 1 fully saturated rings. The molecule has 0 spiro atoms. The lowest BCUT2D eigenvalue weighted by molar-refractivity contribution is 0.0707. The number of hydrogen-bond acceptors (Lipinski definition) is 2. The van der Waals surface area contributed by atoms with Crippen LogP contribution in [0.4, 0.5) is 4.39 Å². The molecule has 0 aliphatic carbocycles. The van der Waals surface area contributed by atoms with Crippen molar-refractivity contribution in [2.75, 3.05) is 19.6 Å². The number of rotatable bonds is 1. The summed E-state index contributed by atoms with van der Waals surface area (Å²) in [5.41, 5.74) is 0.388. The van der Waals surface area contributed by atoms with Gasteiger partial charge in [0.05, 0.1) is 10.0 Å². The zero-order valence-electron chi connectivity index (χ0n) is 9.54. The van der Waals surface area contributed by atoms with E-state index in [0.29, 0.717) is 18.7 Å². The van der Waals surface area contributed by atoms with Gasteiger partial charge in [0.1, 0.15) is 5.82 Å². The summed E-state index contributed by atoms with van der Waals surface area (Å²) in [5.74, 6) is -0.524. The van der Waals surface area contributed by atoms with Crippen molar-refractivity contribution in [2.24, 2.45) is 0 Å². The molecule has 1 heterocycles. The van der Waals surface area contributed by atoms with Crippen molar-refractivity contribution in [3.05, 3.63) is 34.1 Å². The first kappa shape index (κ1) is 12.5. The van der Waals surface area contributed by atoms with E-state index in [1.165, 1.54) is 6.07 Å². The SMILES string of the molecule is C[C@@H]1CN(C(=O)c2cccc(F)c2Br)CCN1. The number of nitrogens with one attached hydrogen (secondary N) is 1. The highest BCUT2D eigenvalue weighted by Crippen LogP contribution is 2.22. The van der Waals surface area contributed by atoms with Crippen LogP contribution in [-0.4, -0.2) is 36.5 Å². The Morgan fingerprint density at radius 3 is 3.06 bits per heavy atom. The van der Waals surface area contributed by atoms with Crippen LogP contribution >= 0.6 is 15.9 Å². The van der Waals surface area contributed by atoms with Gasteiger partial charge in [-0.2, -0.15) is 0 Å². The van der Waals surface area contributed by atoms with E-state index in [9.17, 15) is 9.18 Å². The van der Waals surface area contributed by atoms with Crippen molar-refractivity contribution in [3.63, 3.8) is 0 Å². The van der Waals surface area contributed by atoms with Crippen molar-refractivity contribution < 1.29 is 9.18 Å². The molecule has 1 atom stereocenters. The molecule has 0 aromatic heterocycles. The molecule has 1 aromatic rings. The second kappa shape index (κ2) is 5.14. The number of carbonyl (C=O) groups excluding carboxylic acids is 1. The average Bonchev–Trinajstić information content (AvgIpc) is 2.32. The van der Waals surface area contributed by atoms with E-state index in [-0.39, 0.29) is 16.4 Å². The summed E-state index contributed by atoms with van der Waals surface area (Å²) in [5, 5.41) is 3.26. The van der Waals surface area contributed by atoms with Gasteiger partial charge in [-0.05, 0) is 35.0 Å². The molecule has 1 amide bonds. The van der Waals surface area contributed by atoms with Crippen LogP contribution < -0.4 is 5.32 Å². The molecule has 1 aliphatic heterocycles. The summed E-state index contributed by atoms with van der Waals surface area (Å²) in [7, 11) is 0. The first-order valence-corrected chi connectivity index (χ1v) is 6.35. The van der Waals surface area contributed by atoms with Gasteiger partial charge in [-0.1, -0.05) is 6.07 Å². The molecule has 0 bridgehead atoms. The van der Waals surface area contributed by atoms with Gasteiger partial charge in [-0.3, -0.25) is 4.79 Å². The van der Waals surface area contributed by atoms with E-state index in [1.54, 1.807) is 17.0 Å². The van der Waals surface area contributed by atoms with Crippen LogP contribution in [0.25, 0.3) is 0 Å². The van der Waals surface area contributed by atoms with E-state index < -0.39 is 5.82 Å². The molecule has 0 unspecified atom stereocenters. The molecule has 5 heteroatoms. The largest absolute Gasteiger partial charge is 0.336 e. The normalized spacial score (nSPS) is 20.4. The number of amides is 1. The number of piperazine rings is 1. The van der Waals surface area contributed by atoms with E-state index in [1.807, 2.05) is 6.92 Å². The van der Waals surface area contributed by atoms with Crippen LogP contribution in [0.15, 0.2) is 22.7 Å². The highest BCUT2D eigenvalue weighted by atomic mass is 79.9. The van der Waals surface area contributed by atoms with Gasteiger partial charge in [0.25, 0.3) is 5.91 Å². The molecule has 17 heavy (non-hydrogen) atoms. The predicted molar refractivity (Wildman–Crippen MR) is 67.5 cm³/mol. The zero-order valence-corrected chi connectivity index (χ0v) is 11.1. The minimum Gasteiger partial charge on any atom is -0.336 e. The Balaban J connectivity index is 2.22. The number of nitrogens with zero attached hydrogens (tertiary/aromatic N) is 1. The first-order chi connectivity index (χ1) is 8.09. The molecule has 2 rings (SSSR count). The number of halogens is 2. The highest BCUT2D eigenvalue weighted by Gasteiger charge is 2.23. The highest BCUT2D eigenvalue weighted by molar-refractivity contribution is 9.10. The van der Waals surface area contributed by atoms with Crippen molar-refractivity contribution in [2.45, 2.75) is 13.0 Å². The van der Waals surface area contributed by atoms with Gasteiger partial charge < -0.3 is 10.2 Å². The molecular formula is C12H14BrFN2O. The second-order valence-corrected chi connectivity index (χ2v) is 5.00. The predicted octanol–water partition coefficient (Wildman–Crippen LogP) is 2.02. The maximum Gasteiger partial charge on any atom is 0.255 e. The van der Waals surface area contributed by atoms with Gasteiger partial charge >= 0.3 is 0 Å². The third-order valence-corrected chi connectivity index (χ3v) is 3.64. The number of carbonyl (C=O) groups is 1. The smallest absolute Gasteiger partial charge is 0.255 e. The maximum atomic E-state index is 13.4. The van der Waals surface area contributed by atoms with Crippen molar-refractivity contribution in [1.82, 2.24) is 10.2 Å². The Morgan fingerprint density at radius 1 is 1.59 bits per heavy atom. The maximum absolute atomic E-state index is 13.4. The van der Waals surface area contributed by atoms with Crippen LogP contribution in [0.1, 0.15) is 17.3 Å². The molecule has 1 N–H and O–H groups in total. The Hall–Kier alpha value is -0.940. The lowest BCUT2D eigenvalue weighted by Crippen LogP contribution is -2.51. The van der Waals surface area contributed by atoms with Crippen LogP contribution in [0, 0.1) is 5.82 Å². The van der Waals surface area contributed by atoms with Crippen LogP contribution in [0.3, 0.4) is 0 Å². The van der Waals surface area contributed by atoms with Crippen molar-refractivity contribution in [1.29, 1.82) is 0 Å². The quantitative estimate of drug-likeness (QED) is 0.861. The fourth-order valence-electron chi connectivity index (χ4n) is 1.96. The molecule has 1 aliphatic rings. The third-order valence-electron chi connectivity index (χ3n) is 2.84. The van der Waals surface area contributed by atoms with Crippen LogP contribution in [-0.2, 0) is 0 Å². The molecule has 1 saturated heterocycles. The Morgan fingerprint density at radius 2 is 2.35 bits per heavy atom. The molecule has 0 saturated carbocycles. The third kappa shape index (κ3) is 2.66. The topological polar surface area (TPSA) is 32.3 Å². The average molecular weight is 301 g/mol. The molecule has 0 radical (unpaired) electrons. The van der Waals surface area contributed by atoms with E-state index in [2.05, 4.69) is 21.2 Å². The lowest BCUT2D eigenvalue weighted by Gasteiger charge is -2.32. The monoisotopic (exact) mass is 300 g/mol. The molecule has 1 aromatic carbocycles. The fourth-order valence-corrected chi connectivity index (χ4v) is 2.39. The summed E-state index contributed by atoms with van der Waals surface area (Å²) < 4.78 is 13.6. The van der Waals surface area contributed by atoms with Gasteiger partial charge in [0.2, 0.25) is 0 Å². The zero-order chi connectivity index (χ0) is 12.4. The summed E-state index contributed by atoms with van der Waals surface area (Å²) in [6.07, 6.45) is 0. The standard InChI is InChI=1S/C12H14BrFN2O/c1-8-7-16(6-5-15-8)12(17)9-3-2-4-10(14)11(9)13/h2-4,8,15H,5-7H2,1H3/t8-/m1/s1. The van der Waals surface area contributed by atoms with E-state index in [0.717, 1.165) is 6.54 Å². The minimum atomic E-state index is -0.404. The van der Waals surface area contributed by atoms with Crippen LogP contribution in [0.5, 0.6) is 0 Å². The van der Waals surface area contributed by atoms with E-state index in [4.69, 9.17) is 0 Å². The molecular weight excluding hydrogens is 287 g/mol. The Bertz CT molecular complexity index is 439. The summed E-state index contributed by atoms with van der Waals surface area (Å²) in [6, 6.07) is 4.81. The lowest BCUT2D eigenvalue weighted by atomic mass is 10.1. The first-order valence-electron chi connectivity index (χ1n) is 5.56. The summed E-state index contributed by atoms with van der Waals surface area (Å²) in [6.45, 7) is 4.12. The van der Waals surface area contributed by atoms with E-state index >= 15 is 0 Å². The number of benzene rings is 1. The fraction of sp³-hybridized carbons (Fsp3) is 0.417. The molecule has 3 nitrogen and oxygen atoms in total. The molecule has 92 valence electrons. The van der Waals surface area contributed by atoms with Crippen molar-refractivity contribution >= 4 is 21.8 Å². The summed E-state index contributed by atoms with van der Waals surface area (Å²) >= 11 is 3.12. The van der Waals surface area contributed by atoms with Gasteiger partial charge in [0, 0.05) is 25.7 Å². The number of hydrogen-bond donors (Lipinski definition) is 1. The van der Waals surface area contributed by atoms with Gasteiger partial charge in [0.15, 0.2) is 0 Å². The Labute approximate surface area is 108 Å². The second-order valence-electron chi connectivity index (χ2n) is 4.21. The van der Waals surface area contributed by atoms with Gasteiger partial charge in [-0.15, -0.1) is 0 Å². The van der Waals surface area contributed by atoms with Gasteiger partial charge in [-0.25, -0.2) is 4.39 Å². The minimum absolute atomic E-state index is 0.121. The van der Waals surface area contributed by atoms with Crippen molar-refractivity contribution in [3.8, 4) is 0 Å². The summed E-state index contributed by atoms with van der Waals surface area (Å²) in [4.78, 5) is 14.0.